The number of carbonyl (C=O) groups is 1. The van der Waals surface area contributed by atoms with Gasteiger partial charge < -0.3 is 9.42 Å². The molecule has 0 radical (unpaired) electrons. The smallest absolute Gasteiger partial charge is 0.274 e. The molecule has 1 aliphatic heterocycles. The van der Waals surface area contributed by atoms with Gasteiger partial charge in [-0.1, -0.05) is 18.0 Å². The molecule has 0 spiro atoms. The zero-order chi connectivity index (χ0) is 19.1. The van der Waals surface area contributed by atoms with E-state index in [1.807, 2.05) is 24.2 Å². The van der Waals surface area contributed by atoms with Gasteiger partial charge in [0.05, 0.1) is 17.8 Å². The third kappa shape index (κ3) is 3.21. The van der Waals surface area contributed by atoms with Crippen molar-refractivity contribution in [2.75, 3.05) is 6.54 Å². The van der Waals surface area contributed by atoms with Gasteiger partial charge in [-0.15, -0.1) is 0 Å². The molecule has 0 unspecified atom stereocenters. The minimum absolute atomic E-state index is 0.0669. The molecule has 1 saturated carbocycles. The Morgan fingerprint density at radius 1 is 1.25 bits per heavy atom. The first kappa shape index (κ1) is 17.2. The molecule has 1 atom stereocenters. The highest BCUT2D eigenvalue weighted by molar-refractivity contribution is 5.92. The molecule has 2 aliphatic rings. The molecule has 9 nitrogen and oxygen atoms in total. The van der Waals surface area contributed by atoms with Crippen molar-refractivity contribution in [3.63, 3.8) is 0 Å². The van der Waals surface area contributed by atoms with Crippen LogP contribution in [0.4, 0.5) is 0 Å². The maximum absolute atomic E-state index is 13.2. The lowest BCUT2D eigenvalue weighted by Gasteiger charge is -2.27. The molecule has 1 N–H and O–H groups in total. The first-order chi connectivity index (χ1) is 13.7. The molecule has 1 amide bonds. The third-order valence-corrected chi connectivity index (χ3v) is 5.54. The zero-order valence-corrected chi connectivity index (χ0v) is 15.8. The van der Waals surface area contributed by atoms with Gasteiger partial charge >= 0.3 is 0 Å². The summed E-state index contributed by atoms with van der Waals surface area (Å²) in [6.07, 6.45) is 9.75. The molecule has 146 valence electrons. The topological polar surface area (TPSA) is 106 Å². The summed E-state index contributed by atoms with van der Waals surface area (Å²) in [6.45, 7) is 0.673. The van der Waals surface area contributed by atoms with E-state index in [4.69, 9.17) is 4.52 Å². The van der Waals surface area contributed by atoms with Gasteiger partial charge in [-0.2, -0.15) is 15.2 Å². The van der Waals surface area contributed by atoms with E-state index in [2.05, 4.69) is 25.4 Å². The van der Waals surface area contributed by atoms with Crippen LogP contribution < -0.4 is 0 Å². The average molecular weight is 381 g/mol. The predicted octanol–water partition coefficient (Wildman–Crippen LogP) is 2.83. The minimum Gasteiger partial charge on any atom is -0.334 e. The molecule has 4 heterocycles. The molecule has 2 fully saturated rings. The van der Waals surface area contributed by atoms with E-state index in [9.17, 15) is 4.79 Å². The number of amides is 1. The van der Waals surface area contributed by atoms with Crippen LogP contribution in [-0.4, -0.2) is 47.5 Å². The van der Waals surface area contributed by atoms with Gasteiger partial charge in [-0.05, 0) is 31.7 Å². The van der Waals surface area contributed by atoms with E-state index in [0.29, 0.717) is 29.9 Å². The molecule has 28 heavy (non-hydrogen) atoms. The largest absolute Gasteiger partial charge is 0.334 e. The van der Waals surface area contributed by atoms with Gasteiger partial charge in [-0.25, -0.2) is 0 Å². The van der Waals surface area contributed by atoms with Crippen molar-refractivity contribution in [1.29, 1.82) is 0 Å². The monoisotopic (exact) mass is 381 g/mol. The van der Waals surface area contributed by atoms with Crippen LogP contribution in [-0.2, 0) is 7.05 Å². The Morgan fingerprint density at radius 2 is 2.14 bits per heavy atom. The van der Waals surface area contributed by atoms with Crippen LogP contribution >= 0.6 is 0 Å². The summed E-state index contributed by atoms with van der Waals surface area (Å²) >= 11 is 0. The average Bonchev–Trinajstić information content (AvgIpc) is 3.09. The fraction of sp³-hybridized carbons (Fsp3) is 0.526. The van der Waals surface area contributed by atoms with E-state index in [0.717, 1.165) is 36.9 Å². The number of rotatable bonds is 4. The van der Waals surface area contributed by atoms with Crippen molar-refractivity contribution in [3.8, 4) is 11.5 Å². The first-order valence-electron chi connectivity index (χ1n) is 9.88. The number of hydrogen-bond acceptors (Lipinski definition) is 6. The lowest BCUT2D eigenvalue weighted by atomic mass is 10.1. The predicted molar refractivity (Wildman–Crippen MR) is 99.3 cm³/mol. The standard InChI is InChI=1S/C19H23N7O2/c1-25-11-13(10-20-25)18-21-17(24-28-18)16-5-3-2-4-8-26(16)19(27)15-9-14(22-23-15)12-6-7-12/h9-12,16H,2-8H2,1H3,(H,22,23)/t16-/m1/s1. The van der Waals surface area contributed by atoms with Crippen LogP contribution in [0.25, 0.3) is 11.5 Å². The second-order valence-electron chi connectivity index (χ2n) is 7.71. The lowest BCUT2D eigenvalue weighted by molar-refractivity contribution is 0.0664. The minimum atomic E-state index is -0.203. The highest BCUT2D eigenvalue weighted by atomic mass is 16.5. The van der Waals surface area contributed by atoms with Crippen LogP contribution in [0.3, 0.4) is 0 Å². The second kappa shape index (κ2) is 6.88. The number of aromatic nitrogens is 6. The third-order valence-electron chi connectivity index (χ3n) is 5.54. The molecule has 0 bridgehead atoms. The summed E-state index contributed by atoms with van der Waals surface area (Å²) in [5, 5.41) is 15.6. The van der Waals surface area contributed by atoms with Crippen LogP contribution in [0, 0.1) is 0 Å². The quantitative estimate of drug-likeness (QED) is 0.745. The van der Waals surface area contributed by atoms with Crippen molar-refractivity contribution >= 4 is 5.91 Å². The molecule has 3 aromatic heterocycles. The number of aromatic amines is 1. The van der Waals surface area contributed by atoms with Gasteiger partial charge in [-0.3, -0.25) is 14.6 Å². The van der Waals surface area contributed by atoms with Crippen LogP contribution in [0.5, 0.6) is 0 Å². The number of carbonyl (C=O) groups excluding carboxylic acids is 1. The molecule has 9 heteroatoms. The maximum Gasteiger partial charge on any atom is 0.274 e. The molecule has 1 aliphatic carbocycles. The Kier molecular flexibility index (Phi) is 4.22. The van der Waals surface area contributed by atoms with Crippen LogP contribution in [0.1, 0.15) is 72.5 Å². The highest BCUT2D eigenvalue weighted by Gasteiger charge is 2.33. The fourth-order valence-corrected chi connectivity index (χ4v) is 3.84. The number of likely N-dealkylation sites (tertiary alicyclic amines) is 1. The van der Waals surface area contributed by atoms with E-state index >= 15 is 0 Å². The molecular formula is C19H23N7O2. The van der Waals surface area contributed by atoms with Crippen molar-refractivity contribution in [2.24, 2.45) is 7.05 Å². The molecule has 1 saturated heterocycles. The van der Waals surface area contributed by atoms with Gasteiger partial charge in [0, 0.05) is 31.4 Å². The van der Waals surface area contributed by atoms with Crippen LogP contribution in [0.15, 0.2) is 23.0 Å². The SMILES string of the molecule is Cn1cc(-c2nc([C@H]3CCCCCN3C(=O)c3cc(C4CC4)[nH]n3)no2)cn1. The summed E-state index contributed by atoms with van der Waals surface area (Å²) in [5.41, 5.74) is 2.31. The molecule has 0 aromatic carbocycles. The number of nitrogens with one attached hydrogen (secondary N) is 1. The summed E-state index contributed by atoms with van der Waals surface area (Å²) in [7, 11) is 1.84. The van der Waals surface area contributed by atoms with E-state index in [1.54, 1.807) is 10.9 Å². The van der Waals surface area contributed by atoms with Gasteiger partial charge in [0.1, 0.15) is 5.69 Å². The Morgan fingerprint density at radius 3 is 2.93 bits per heavy atom. The van der Waals surface area contributed by atoms with Crippen molar-refractivity contribution < 1.29 is 9.32 Å². The number of nitrogens with zero attached hydrogens (tertiary/aromatic N) is 6. The van der Waals surface area contributed by atoms with E-state index < -0.39 is 0 Å². The summed E-state index contributed by atoms with van der Waals surface area (Å²) < 4.78 is 7.15. The summed E-state index contributed by atoms with van der Waals surface area (Å²) in [4.78, 5) is 19.7. The zero-order valence-electron chi connectivity index (χ0n) is 15.8. The Hall–Kier alpha value is -2.97. The lowest BCUT2D eigenvalue weighted by Crippen LogP contribution is -2.35. The Balaban J connectivity index is 1.42. The van der Waals surface area contributed by atoms with E-state index in [-0.39, 0.29) is 11.9 Å². The van der Waals surface area contributed by atoms with Crippen molar-refractivity contribution in [3.05, 3.63) is 35.7 Å². The summed E-state index contributed by atoms with van der Waals surface area (Å²) in [5.74, 6) is 1.44. The van der Waals surface area contributed by atoms with E-state index in [1.165, 1.54) is 12.8 Å². The second-order valence-corrected chi connectivity index (χ2v) is 7.71. The maximum atomic E-state index is 13.2. The molecular weight excluding hydrogens is 358 g/mol. The number of hydrogen-bond donors (Lipinski definition) is 1. The Labute approximate surface area is 162 Å². The van der Waals surface area contributed by atoms with Crippen molar-refractivity contribution in [2.45, 2.75) is 50.5 Å². The fourth-order valence-electron chi connectivity index (χ4n) is 3.84. The molecule has 3 aromatic rings. The van der Waals surface area contributed by atoms with Crippen molar-refractivity contribution in [1.82, 2.24) is 35.0 Å². The molecule has 5 rings (SSSR count). The Bertz CT molecular complexity index is 984. The normalized spacial score (nSPS) is 20.3. The highest BCUT2D eigenvalue weighted by Crippen LogP contribution is 2.39. The van der Waals surface area contributed by atoms with Gasteiger partial charge in [0.2, 0.25) is 0 Å². The summed E-state index contributed by atoms with van der Waals surface area (Å²) in [6, 6.07) is 1.70. The van der Waals surface area contributed by atoms with Gasteiger partial charge in [0.25, 0.3) is 11.8 Å². The number of H-pyrrole nitrogens is 1. The number of aryl methyl sites for hydroxylation is 1. The van der Waals surface area contributed by atoms with Gasteiger partial charge in [0.15, 0.2) is 5.82 Å². The van der Waals surface area contributed by atoms with Crippen LogP contribution in [0.2, 0.25) is 0 Å². The first-order valence-corrected chi connectivity index (χ1v) is 9.88.